The van der Waals surface area contributed by atoms with E-state index < -0.39 is 25.3 Å². The van der Waals surface area contributed by atoms with Crippen molar-refractivity contribution in [3.8, 4) is 0 Å². The van der Waals surface area contributed by atoms with E-state index in [1.165, 1.54) is 0 Å². The lowest BCUT2D eigenvalue weighted by atomic mass is 11.9. The molecule has 0 saturated carbocycles. The maximum Gasteiger partial charge on any atom is 0.113 e. The van der Waals surface area contributed by atoms with Crippen LogP contribution in [-0.4, -0.2) is 25.3 Å². The molecule has 0 heterocycles. The molecule has 0 radical (unpaired) electrons. The Morgan fingerprint density at radius 2 is 0.643 bits per heavy atom. The smallest absolute Gasteiger partial charge is 0.113 e. The second kappa shape index (κ2) is 4.53. The van der Waals surface area contributed by atoms with E-state index in [2.05, 4.69) is 91.7 Å². The molecular weight excluding hydrogens is 436 g/mol. The van der Waals surface area contributed by atoms with Crippen molar-refractivity contribution in [2.45, 2.75) is 45.8 Å². The van der Waals surface area contributed by atoms with Crippen molar-refractivity contribution in [3.63, 3.8) is 0 Å². The van der Waals surface area contributed by atoms with Gasteiger partial charge in [0, 0.05) is 0 Å². The zero-order valence-corrected chi connectivity index (χ0v) is 18.9. The summed E-state index contributed by atoms with van der Waals surface area (Å²) in [5, 5.41) is 0. The standard InChI is InChI=1S/C7H21Br3Si4/c1-11(2,8)14(7,12(3,4)9)13(5,6)10/h1-7H3. The summed E-state index contributed by atoms with van der Waals surface area (Å²) in [5.74, 6) is 0. The van der Waals surface area contributed by atoms with E-state index in [0.717, 1.165) is 0 Å². The van der Waals surface area contributed by atoms with Gasteiger partial charge < -0.3 is 0 Å². The molecule has 0 aromatic heterocycles. The summed E-state index contributed by atoms with van der Waals surface area (Å²) >= 11 is 12.2. The molecule has 7 heteroatoms. The van der Waals surface area contributed by atoms with Crippen molar-refractivity contribution in [3.05, 3.63) is 0 Å². The fraction of sp³-hybridized carbons (Fsp3) is 1.00. The summed E-state index contributed by atoms with van der Waals surface area (Å²) in [4.78, 5) is 0. The number of halogens is 3. The van der Waals surface area contributed by atoms with E-state index in [1.807, 2.05) is 0 Å². The predicted molar refractivity (Wildman–Crippen MR) is 90.8 cm³/mol. The first-order valence-corrected chi connectivity index (χ1v) is 26.1. The molecule has 0 atom stereocenters. The SMILES string of the molecule is C[Si](C)(Br)[Si](C)([Si](C)(C)Br)[Si](C)(C)Br. The van der Waals surface area contributed by atoms with Gasteiger partial charge in [-0.3, -0.25) is 0 Å². The lowest BCUT2D eigenvalue weighted by Gasteiger charge is -2.51. The molecule has 0 fully saturated rings. The Balaban J connectivity index is 5.54. The Kier molecular flexibility index (Phi) is 5.27. The van der Waals surface area contributed by atoms with Crippen molar-refractivity contribution in [2.75, 3.05) is 0 Å². The minimum absolute atomic E-state index is 1.19. The van der Waals surface area contributed by atoms with E-state index in [-0.39, 0.29) is 0 Å². The van der Waals surface area contributed by atoms with Gasteiger partial charge in [0.15, 0.2) is 0 Å². The van der Waals surface area contributed by atoms with Crippen LogP contribution in [0.15, 0.2) is 0 Å². The van der Waals surface area contributed by atoms with Crippen LogP contribution in [0.5, 0.6) is 0 Å². The fourth-order valence-corrected chi connectivity index (χ4v) is 159. The van der Waals surface area contributed by atoms with E-state index in [9.17, 15) is 0 Å². The zero-order valence-electron chi connectivity index (χ0n) is 10.1. The highest BCUT2D eigenvalue weighted by Crippen LogP contribution is 2.44. The molecule has 0 saturated heterocycles. The van der Waals surface area contributed by atoms with Crippen molar-refractivity contribution >= 4 is 71.1 Å². The lowest BCUT2D eigenvalue weighted by Crippen LogP contribution is -2.78. The van der Waals surface area contributed by atoms with Gasteiger partial charge in [0.05, 0.1) is 6.63 Å². The van der Waals surface area contributed by atoms with Crippen molar-refractivity contribution in [2.24, 2.45) is 0 Å². The maximum absolute atomic E-state index is 4.08. The highest BCUT2D eigenvalue weighted by molar-refractivity contribution is 9.35. The summed E-state index contributed by atoms with van der Waals surface area (Å²) < 4.78 is 0. The normalized spacial score (nSPS) is 15.9. The van der Waals surface area contributed by atoms with Crippen LogP contribution in [0.25, 0.3) is 0 Å². The Bertz CT molecular complexity index is 174. The monoisotopic (exact) mass is 454 g/mol. The third-order valence-corrected chi connectivity index (χ3v) is 107. The minimum atomic E-state index is -1.20. The molecule has 0 unspecified atom stereocenters. The fourth-order valence-electron chi connectivity index (χ4n) is 2.12. The quantitative estimate of drug-likeness (QED) is 0.409. The van der Waals surface area contributed by atoms with E-state index in [1.54, 1.807) is 0 Å². The largest absolute Gasteiger partial charge is 0.131 e. The van der Waals surface area contributed by atoms with Crippen molar-refractivity contribution in [1.29, 1.82) is 0 Å². The number of hydrogen-bond donors (Lipinski definition) is 0. The molecule has 0 nitrogen and oxygen atoms in total. The summed E-state index contributed by atoms with van der Waals surface area (Å²) in [7, 11) is 0. The Morgan fingerprint density at radius 3 is 0.643 bits per heavy atom. The highest BCUT2D eigenvalue weighted by atomic mass is 79.9. The topological polar surface area (TPSA) is 0 Å². The van der Waals surface area contributed by atoms with Crippen LogP contribution >= 0.6 is 45.9 Å². The molecule has 0 rings (SSSR count). The lowest BCUT2D eigenvalue weighted by molar-refractivity contribution is 1.91. The molecule has 0 aromatic carbocycles. The van der Waals surface area contributed by atoms with Crippen LogP contribution in [-0.2, 0) is 0 Å². The Hall–Kier alpha value is 2.31. The first-order chi connectivity index (χ1) is 5.75. The molecule has 0 bridgehead atoms. The Morgan fingerprint density at radius 1 is 0.500 bits per heavy atom. The Labute approximate surface area is 116 Å². The van der Waals surface area contributed by atoms with E-state index >= 15 is 0 Å². The number of hydrogen-bond acceptors (Lipinski definition) is 0. The number of rotatable bonds is 3. The average Bonchev–Trinajstić information content (AvgIpc) is 1.77. The average molecular weight is 457 g/mol. The van der Waals surface area contributed by atoms with Gasteiger partial charge in [-0.1, -0.05) is 45.8 Å². The van der Waals surface area contributed by atoms with Gasteiger partial charge in [0.2, 0.25) is 0 Å². The first-order valence-electron chi connectivity index (χ1n) is 4.82. The van der Waals surface area contributed by atoms with Crippen LogP contribution in [0.3, 0.4) is 0 Å². The van der Waals surface area contributed by atoms with Gasteiger partial charge in [-0.15, -0.1) is 45.9 Å². The molecule has 0 aromatic rings. The molecule has 0 aliphatic carbocycles. The molecule has 0 spiro atoms. The summed E-state index contributed by atoms with van der Waals surface area (Å²) in [6.07, 6.45) is -3.60. The molecule has 0 amide bonds. The van der Waals surface area contributed by atoms with Crippen LogP contribution < -0.4 is 0 Å². The molecule has 86 valence electrons. The summed E-state index contributed by atoms with van der Waals surface area (Å²) in [6.45, 7) is 16.4. The molecule has 0 N–H and O–H groups in total. The van der Waals surface area contributed by atoms with Gasteiger partial charge in [-0.2, -0.15) is 0 Å². The van der Waals surface area contributed by atoms with Crippen LogP contribution in [0, 0.1) is 0 Å². The van der Waals surface area contributed by atoms with Crippen LogP contribution in [0.4, 0.5) is 0 Å². The van der Waals surface area contributed by atoms with Gasteiger partial charge in [0.1, 0.15) is 18.6 Å². The maximum atomic E-state index is 4.08. The van der Waals surface area contributed by atoms with Crippen molar-refractivity contribution < 1.29 is 0 Å². The van der Waals surface area contributed by atoms with E-state index in [4.69, 9.17) is 0 Å². The van der Waals surface area contributed by atoms with Crippen LogP contribution in [0.1, 0.15) is 0 Å². The third kappa shape index (κ3) is 2.95. The molecule has 0 aliphatic rings. The second-order valence-electron chi connectivity index (χ2n) is 5.54. The highest BCUT2D eigenvalue weighted by Gasteiger charge is 2.62. The summed E-state index contributed by atoms with van der Waals surface area (Å²) in [6, 6.07) is 0. The molecular formula is C7H21Br3Si4. The minimum Gasteiger partial charge on any atom is -0.131 e. The van der Waals surface area contributed by atoms with Gasteiger partial charge in [-0.05, 0) is 0 Å². The molecule has 14 heavy (non-hydrogen) atoms. The second-order valence-corrected chi connectivity index (χ2v) is 65.8. The predicted octanol–water partition coefficient (Wildman–Crippen LogP) is 5.10. The third-order valence-electron chi connectivity index (χ3n) is 3.57. The van der Waals surface area contributed by atoms with Crippen molar-refractivity contribution in [1.82, 2.24) is 0 Å². The summed E-state index contributed by atoms with van der Waals surface area (Å²) in [5.41, 5.74) is 0. The van der Waals surface area contributed by atoms with Gasteiger partial charge in [0.25, 0.3) is 0 Å². The van der Waals surface area contributed by atoms with E-state index in [0.29, 0.717) is 0 Å². The van der Waals surface area contributed by atoms with Gasteiger partial charge >= 0.3 is 0 Å². The molecule has 0 aliphatic heterocycles. The zero-order chi connectivity index (χ0) is 12.0. The van der Waals surface area contributed by atoms with Crippen LogP contribution in [0.2, 0.25) is 45.8 Å². The first kappa shape index (κ1) is 16.3. The van der Waals surface area contributed by atoms with Gasteiger partial charge in [-0.25, -0.2) is 0 Å².